The van der Waals surface area contributed by atoms with Crippen LogP contribution in [0.4, 0.5) is 10.5 Å². The molecule has 2 aromatic carbocycles. The van der Waals surface area contributed by atoms with Crippen molar-refractivity contribution in [2.75, 3.05) is 11.9 Å². The Kier molecular flexibility index (Phi) is 7.69. The van der Waals surface area contributed by atoms with E-state index in [2.05, 4.69) is 31.2 Å². The van der Waals surface area contributed by atoms with Crippen molar-refractivity contribution >= 4 is 29.2 Å². The van der Waals surface area contributed by atoms with Crippen molar-refractivity contribution < 1.29 is 19.2 Å². The number of fused-ring (bicyclic) bond motifs is 1. The van der Waals surface area contributed by atoms with Gasteiger partial charge in [-0.1, -0.05) is 55.8 Å². The molecular weight excluding hydrogens is 394 g/mol. The Hall–Kier alpha value is -3.48. The van der Waals surface area contributed by atoms with E-state index in [-0.39, 0.29) is 16.5 Å². The van der Waals surface area contributed by atoms with Gasteiger partial charge >= 0.3 is 6.03 Å². The van der Waals surface area contributed by atoms with E-state index in [1.165, 1.54) is 12.1 Å². The maximum Gasteiger partial charge on any atom is 0.336 e. The number of nitrogens with zero attached hydrogens (tertiary/aromatic N) is 2. The van der Waals surface area contributed by atoms with Crippen molar-refractivity contribution in [1.29, 1.82) is 0 Å². The van der Waals surface area contributed by atoms with Crippen LogP contribution in [0.3, 0.4) is 0 Å². The Bertz CT molecular complexity index is 950. The topological polar surface area (TPSA) is 88.1 Å². The van der Waals surface area contributed by atoms with Crippen LogP contribution in [0.15, 0.2) is 53.7 Å². The van der Waals surface area contributed by atoms with E-state index < -0.39 is 17.8 Å². The van der Waals surface area contributed by atoms with Crippen LogP contribution in [0.2, 0.25) is 0 Å². The number of amides is 4. The first kappa shape index (κ1) is 23.8. The molecular formula is C24H29N3O4. The van der Waals surface area contributed by atoms with Gasteiger partial charge in [0.2, 0.25) is 0 Å². The van der Waals surface area contributed by atoms with Crippen molar-refractivity contribution in [3.63, 3.8) is 0 Å². The summed E-state index contributed by atoms with van der Waals surface area (Å²) in [6.07, 6.45) is 0. The second kappa shape index (κ2) is 10.0. The molecule has 0 atom stereocenters. The lowest BCUT2D eigenvalue weighted by molar-refractivity contribution is 0.0713. The minimum Gasteiger partial charge on any atom is -0.395 e. The third-order valence-electron chi connectivity index (χ3n) is 4.04. The number of carbonyl (C=O) groups is 3. The van der Waals surface area contributed by atoms with Gasteiger partial charge in [0.25, 0.3) is 11.8 Å². The molecule has 0 unspecified atom stereocenters. The molecule has 3 rings (SSSR count). The summed E-state index contributed by atoms with van der Waals surface area (Å²) >= 11 is 0. The standard InChI is InChI=1S/C16H12N2O3.C8H17NO/c1-10-6-8-11(9-7-10)17-16(21)18-14(19)12-4-2-3-5-13(12)15(18)20;1-7(2)9-10-6-8(3,4)5/h2-9H,1H3,(H,17,21);6H2,1-5H3. The summed E-state index contributed by atoms with van der Waals surface area (Å²) in [6.45, 7) is 12.8. The third-order valence-corrected chi connectivity index (χ3v) is 4.04. The Morgan fingerprint density at radius 3 is 1.94 bits per heavy atom. The fraction of sp³-hybridized carbons (Fsp3) is 0.333. The lowest BCUT2D eigenvalue weighted by atomic mass is 9.99. The second-order valence-corrected chi connectivity index (χ2v) is 8.66. The molecule has 1 heterocycles. The highest BCUT2D eigenvalue weighted by molar-refractivity contribution is 6.30. The molecule has 0 saturated heterocycles. The van der Waals surface area contributed by atoms with E-state index in [4.69, 9.17) is 4.84 Å². The molecule has 164 valence electrons. The van der Waals surface area contributed by atoms with Crippen molar-refractivity contribution in [3.8, 4) is 0 Å². The minimum absolute atomic E-state index is 0.207. The monoisotopic (exact) mass is 423 g/mol. The maximum absolute atomic E-state index is 12.2. The van der Waals surface area contributed by atoms with Crippen molar-refractivity contribution in [3.05, 3.63) is 65.2 Å². The summed E-state index contributed by atoms with van der Waals surface area (Å²) in [7, 11) is 0. The normalized spacial score (nSPS) is 12.5. The molecule has 1 aliphatic heterocycles. The number of anilines is 1. The Morgan fingerprint density at radius 2 is 1.48 bits per heavy atom. The highest BCUT2D eigenvalue weighted by atomic mass is 16.6. The number of hydrogen-bond acceptors (Lipinski definition) is 5. The maximum atomic E-state index is 12.2. The predicted molar refractivity (Wildman–Crippen MR) is 121 cm³/mol. The number of benzene rings is 2. The van der Waals surface area contributed by atoms with E-state index in [1.807, 2.05) is 32.9 Å². The highest BCUT2D eigenvalue weighted by Gasteiger charge is 2.39. The summed E-state index contributed by atoms with van der Waals surface area (Å²) < 4.78 is 0. The summed E-state index contributed by atoms with van der Waals surface area (Å²) in [6, 6.07) is 12.7. The Balaban J connectivity index is 0.000000291. The Morgan fingerprint density at radius 1 is 0.968 bits per heavy atom. The molecule has 0 saturated carbocycles. The molecule has 0 fully saturated rings. The van der Waals surface area contributed by atoms with Gasteiger partial charge in [-0.2, -0.15) is 4.90 Å². The highest BCUT2D eigenvalue weighted by Crippen LogP contribution is 2.23. The first-order valence-corrected chi connectivity index (χ1v) is 9.98. The number of carbonyl (C=O) groups excluding carboxylic acids is 3. The van der Waals surface area contributed by atoms with Crippen LogP contribution in [0.5, 0.6) is 0 Å². The van der Waals surface area contributed by atoms with Gasteiger partial charge in [0.05, 0.1) is 16.8 Å². The molecule has 7 heteroatoms. The van der Waals surface area contributed by atoms with Crippen LogP contribution in [0.1, 0.15) is 60.9 Å². The van der Waals surface area contributed by atoms with Crippen molar-refractivity contribution in [1.82, 2.24) is 4.90 Å². The molecule has 0 radical (unpaired) electrons. The van der Waals surface area contributed by atoms with E-state index in [0.29, 0.717) is 17.2 Å². The van der Waals surface area contributed by atoms with E-state index >= 15 is 0 Å². The number of oxime groups is 1. The average molecular weight is 424 g/mol. The lowest BCUT2D eigenvalue weighted by Crippen LogP contribution is -2.39. The van der Waals surface area contributed by atoms with Gasteiger partial charge in [0.1, 0.15) is 6.61 Å². The third kappa shape index (κ3) is 6.77. The van der Waals surface area contributed by atoms with Gasteiger partial charge in [0, 0.05) is 5.69 Å². The molecule has 0 aliphatic carbocycles. The zero-order valence-corrected chi connectivity index (χ0v) is 18.9. The number of hydrogen-bond donors (Lipinski definition) is 1. The first-order valence-electron chi connectivity index (χ1n) is 9.98. The molecule has 2 aromatic rings. The predicted octanol–water partition coefficient (Wildman–Crippen LogP) is 5.27. The van der Waals surface area contributed by atoms with Crippen LogP contribution in [0, 0.1) is 12.3 Å². The van der Waals surface area contributed by atoms with Crippen LogP contribution < -0.4 is 5.32 Å². The molecule has 1 aliphatic rings. The first-order chi connectivity index (χ1) is 14.5. The quantitative estimate of drug-likeness (QED) is 0.414. The van der Waals surface area contributed by atoms with Crippen molar-refractivity contribution in [2.45, 2.75) is 41.5 Å². The van der Waals surface area contributed by atoms with Gasteiger partial charge in [-0.25, -0.2) is 4.79 Å². The van der Waals surface area contributed by atoms with Gasteiger partial charge in [-0.05, 0) is 50.5 Å². The zero-order chi connectivity index (χ0) is 23.2. The number of rotatable bonds is 3. The lowest BCUT2D eigenvalue weighted by Gasteiger charge is -2.15. The smallest absolute Gasteiger partial charge is 0.336 e. The van der Waals surface area contributed by atoms with Gasteiger partial charge in [-0.3, -0.25) is 9.59 Å². The van der Waals surface area contributed by atoms with E-state index in [0.717, 1.165) is 11.3 Å². The van der Waals surface area contributed by atoms with Crippen LogP contribution in [-0.4, -0.2) is 35.1 Å². The summed E-state index contributed by atoms with van der Waals surface area (Å²) in [5.74, 6) is -1.19. The van der Waals surface area contributed by atoms with Crippen LogP contribution in [0.25, 0.3) is 0 Å². The molecule has 4 amide bonds. The summed E-state index contributed by atoms with van der Waals surface area (Å²) in [5.41, 5.74) is 3.25. The largest absolute Gasteiger partial charge is 0.395 e. The van der Waals surface area contributed by atoms with Crippen LogP contribution in [-0.2, 0) is 4.84 Å². The average Bonchev–Trinajstić information content (AvgIpc) is 2.94. The number of urea groups is 1. The summed E-state index contributed by atoms with van der Waals surface area (Å²) in [4.78, 5) is 42.1. The number of nitrogens with one attached hydrogen (secondary N) is 1. The SMILES string of the molecule is CC(C)=NOCC(C)(C)C.Cc1ccc(NC(=O)N2C(=O)c3ccccc3C2=O)cc1. The Labute approximate surface area is 183 Å². The second-order valence-electron chi connectivity index (χ2n) is 8.66. The number of aryl methyl sites for hydroxylation is 1. The molecule has 7 nitrogen and oxygen atoms in total. The fourth-order valence-corrected chi connectivity index (χ4v) is 2.54. The van der Waals surface area contributed by atoms with Crippen LogP contribution >= 0.6 is 0 Å². The number of imide groups is 3. The molecule has 1 N–H and O–H groups in total. The van der Waals surface area contributed by atoms with E-state index in [1.54, 1.807) is 24.3 Å². The van der Waals surface area contributed by atoms with Gasteiger partial charge in [-0.15, -0.1) is 0 Å². The van der Waals surface area contributed by atoms with Crippen molar-refractivity contribution in [2.24, 2.45) is 10.6 Å². The minimum atomic E-state index is -0.745. The van der Waals surface area contributed by atoms with Gasteiger partial charge < -0.3 is 10.2 Å². The summed E-state index contributed by atoms with van der Waals surface area (Å²) in [5, 5.41) is 6.38. The van der Waals surface area contributed by atoms with Gasteiger partial charge in [0.15, 0.2) is 0 Å². The molecule has 0 bridgehead atoms. The van der Waals surface area contributed by atoms with E-state index in [9.17, 15) is 14.4 Å². The molecule has 31 heavy (non-hydrogen) atoms. The molecule has 0 spiro atoms. The zero-order valence-electron chi connectivity index (χ0n) is 18.9. The molecule has 0 aromatic heterocycles. The fourth-order valence-electron chi connectivity index (χ4n) is 2.54.